The van der Waals surface area contributed by atoms with Crippen molar-refractivity contribution < 1.29 is 4.92 Å². The lowest BCUT2D eigenvalue weighted by Crippen LogP contribution is -2.24. The number of hydrogen-bond acceptors (Lipinski definition) is 6. The van der Waals surface area contributed by atoms with Crippen molar-refractivity contribution in [1.82, 2.24) is 9.97 Å². The summed E-state index contributed by atoms with van der Waals surface area (Å²) in [5.41, 5.74) is 0.888. The lowest BCUT2D eigenvalue weighted by atomic mass is 10.1. The van der Waals surface area contributed by atoms with Crippen LogP contribution in [0.4, 0.5) is 23.0 Å². The monoisotopic (exact) mass is 363 g/mol. The molecule has 7 nitrogen and oxygen atoms in total. The van der Waals surface area contributed by atoms with Gasteiger partial charge in [0.1, 0.15) is 6.33 Å². The molecule has 0 amide bonds. The van der Waals surface area contributed by atoms with Crippen LogP contribution in [0.3, 0.4) is 0 Å². The van der Waals surface area contributed by atoms with Gasteiger partial charge in [0.15, 0.2) is 0 Å². The highest BCUT2D eigenvalue weighted by Gasteiger charge is 2.31. The molecule has 2 heterocycles. The molecule has 0 radical (unpaired) electrons. The maximum Gasteiger partial charge on any atom is 0.353 e. The van der Waals surface area contributed by atoms with Gasteiger partial charge in [0.25, 0.3) is 0 Å². The molecule has 0 spiro atoms. The summed E-state index contributed by atoms with van der Waals surface area (Å²) >= 11 is 0. The Balaban J connectivity index is 1.90. The maximum absolute atomic E-state index is 12.0. The minimum Gasteiger partial charge on any atom is -0.351 e. The van der Waals surface area contributed by atoms with Gasteiger partial charge in [-0.05, 0) is 31.2 Å². The zero-order valence-corrected chi connectivity index (χ0v) is 15.2. The molecule has 2 aromatic carbocycles. The Bertz CT molecular complexity index is 980. The minimum atomic E-state index is -0.350. The van der Waals surface area contributed by atoms with E-state index in [0.717, 1.165) is 42.4 Å². The van der Waals surface area contributed by atoms with Crippen LogP contribution in [-0.2, 0) is 0 Å². The molecule has 3 aromatic rings. The molecule has 0 unspecified atom stereocenters. The highest BCUT2D eigenvalue weighted by molar-refractivity contribution is 5.96. The van der Waals surface area contributed by atoms with Gasteiger partial charge in [-0.2, -0.15) is 0 Å². The maximum atomic E-state index is 12.0. The fraction of sp³-hybridized carbons (Fsp3) is 0.300. The first kappa shape index (κ1) is 17.2. The van der Waals surface area contributed by atoms with Crippen LogP contribution < -0.4 is 9.80 Å². The normalized spacial score (nSPS) is 13.9. The largest absolute Gasteiger partial charge is 0.353 e. The Morgan fingerprint density at radius 3 is 2.59 bits per heavy atom. The molecule has 1 aliphatic rings. The Kier molecular flexibility index (Phi) is 4.58. The zero-order valence-electron chi connectivity index (χ0n) is 15.2. The zero-order chi connectivity index (χ0) is 18.8. The second kappa shape index (κ2) is 7.19. The molecule has 0 atom stereocenters. The predicted octanol–water partition coefficient (Wildman–Crippen LogP) is 4.30. The first-order valence-electron chi connectivity index (χ1n) is 9.20. The first-order chi connectivity index (χ1) is 13.2. The molecule has 27 heavy (non-hydrogen) atoms. The van der Waals surface area contributed by atoms with Crippen molar-refractivity contribution in [2.24, 2.45) is 0 Å². The summed E-state index contributed by atoms with van der Waals surface area (Å²) in [6, 6.07) is 14.0. The van der Waals surface area contributed by atoms with E-state index in [1.54, 1.807) is 0 Å². The molecule has 138 valence electrons. The van der Waals surface area contributed by atoms with Crippen molar-refractivity contribution in [2.75, 3.05) is 29.4 Å². The number of fused-ring (bicyclic) bond motifs is 1. The van der Waals surface area contributed by atoms with Gasteiger partial charge in [0.2, 0.25) is 11.6 Å². The van der Waals surface area contributed by atoms with Crippen molar-refractivity contribution in [3.63, 3.8) is 0 Å². The summed E-state index contributed by atoms with van der Waals surface area (Å²) in [6.45, 7) is 4.11. The Morgan fingerprint density at radius 2 is 1.85 bits per heavy atom. The van der Waals surface area contributed by atoms with Crippen LogP contribution in [0.15, 0.2) is 48.8 Å². The standard InChI is InChI=1S/C20H21N5O2/c1-2-24(17-11-7-9-15-8-3-4-10-16(15)17)20-18(25(26)27)19(21-14-22-20)23-12-5-6-13-23/h3-4,7-11,14H,2,5-6,12-13H2,1H3. The van der Waals surface area contributed by atoms with Gasteiger partial charge in [0, 0.05) is 25.0 Å². The third-order valence-corrected chi connectivity index (χ3v) is 5.00. The lowest BCUT2D eigenvalue weighted by molar-refractivity contribution is -0.383. The van der Waals surface area contributed by atoms with Crippen molar-refractivity contribution in [2.45, 2.75) is 19.8 Å². The molecule has 0 bridgehead atoms. The highest BCUT2D eigenvalue weighted by Crippen LogP contribution is 2.40. The highest BCUT2D eigenvalue weighted by atomic mass is 16.6. The summed E-state index contributed by atoms with van der Waals surface area (Å²) < 4.78 is 0. The molecule has 0 N–H and O–H groups in total. The molecule has 1 fully saturated rings. The van der Waals surface area contributed by atoms with Crippen molar-refractivity contribution in [3.05, 3.63) is 58.9 Å². The van der Waals surface area contributed by atoms with E-state index >= 15 is 0 Å². The Labute approximate surface area is 157 Å². The fourth-order valence-corrected chi connectivity index (χ4v) is 3.76. The number of anilines is 3. The SMILES string of the molecule is CCN(c1ncnc(N2CCCC2)c1[N+](=O)[O-])c1cccc2ccccc12. The summed E-state index contributed by atoms with van der Waals surface area (Å²) in [7, 11) is 0. The number of aromatic nitrogens is 2. The average molecular weight is 363 g/mol. The van der Waals surface area contributed by atoms with Gasteiger partial charge in [-0.1, -0.05) is 36.4 Å². The molecule has 7 heteroatoms. The number of hydrogen-bond donors (Lipinski definition) is 0. The van der Waals surface area contributed by atoms with Gasteiger partial charge in [-0.15, -0.1) is 0 Å². The van der Waals surface area contributed by atoms with Gasteiger partial charge in [-0.25, -0.2) is 9.97 Å². The summed E-state index contributed by atoms with van der Waals surface area (Å²) in [5, 5.41) is 14.1. The van der Waals surface area contributed by atoms with Crippen molar-refractivity contribution >= 4 is 33.8 Å². The van der Waals surface area contributed by atoms with Gasteiger partial charge < -0.3 is 9.80 Å². The number of nitro groups is 1. The summed E-state index contributed by atoms with van der Waals surface area (Å²) in [4.78, 5) is 24.1. The second-order valence-electron chi connectivity index (χ2n) is 6.56. The third kappa shape index (κ3) is 3.05. The van der Waals surface area contributed by atoms with Crippen LogP contribution in [0.5, 0.6) is 0 Å². The van der Waals surface area contributed by atoms with Crippen molar-refractivity contribution in [1.29, 1.82) is 0 Å². The first-order valence-corrected chi connectivity index (χ1v) is 9.20. The van der Waals surface area contributed by atoms with Gasteiger partial charge in [-0.3, -0.25) is 10.1 Å². The van der Waals surface area contributed by atoms with Crippen LogP contribution in [0.25, 0.3) is 10.8 Å². The number of benzene rings is 2. The molecular weight excluding hydrogens is 342 g/mol. The van der Waals surface area contributed by atoms with Crippen LogP contribution >= 0.6 is 0 Å². The van der Waals surface area contributed by atoms with E-state index < -0.39 is 0 Å². The molecular formula is C20H21N5O2. The molecule has 0 saturated carbocycles. The molecule has 4 rings (SSSR count). The smallest absolute Gasteiger partial charge is 0.351 e. The minimum absolute atomic E-state index is 0.0193. The number of nitrogens with zero attached hydrogens (tertiary/aromatic N) is 5. The fourth-order valence-electron chi connectivity index (χ4n) is 3.76. The summed E-state index contributed by atoms with van der Waals surface area (Å²) in [6.07, 6.45) is 3.48. The Hall–Kier alpha value is -3.22. The molecule has 1 aromatic heterocycles. The Morgan fingerprint density at radius 1 is 1.11 bits per heavy atom. The van der Waals surface area contributed by atoms with E-state index in [9.17, 15) is 10.1 Å². The van der Waals surface area contributed by atoms with Crippen molar-refractivity contribution in [3.8, 4) is 0 Å². The molecule has 1 saturated heterocycles. The quantitative estimate of drug-likeness (QED) is 0.497. The third-order valence-electron chi connectivity index (χ3n) is 5.00. The van der Waals surface area contributed by atoms with E-state index in [0.29, 0.717) is 18.2 Å². The predicted molar refractivity (Wildman–Crippen MR) is 107 cm³/mol. The molecule has 1 aliphatic heterocycles. The van der Waals surface area contributed by atoms with Crippen LogP contribution in [0, 0.1) is 10.1 Å². The van der Waals surface area contributed by atoms with Crippen LogP contribution in [0.2, 0.25) is 0 Å². The lowest BCUT2D eigenvalue weighted by Gasteiger charge is -2.25. The molecule has 0 aliphatic carbocycles. The second-order valence-corrected chi connectivity index (χ2v) is 6.56. The van der Waals surface area contributed by atoms with E-state index in [2.05, 4.69) is 9.97 Å². The topological polar surface area (TPSA) is 75.4 Å². The summed E-state index contributed by atoms with van der Waals surface area (Å²) in [5.74, 6) is 0.761. The van der Waals surface area contributed by atoms with Crippen LogP contribution in [0.1, 0.15) is 19.8 Å². The van der Waals surface area contributed by atoms with Crippen LogP contribution in [-0.4, -0.2) is 34.5 Å². The van der Waals surface area contributed by atoms with E-state index in [-0.39, 0.29) is 10.6 Å². The van der Waals surface area contributed by atoms with Gasteiger partial charge >= 0.3 is 5.69 Å². The number of rotatable bonds is 5. The van der Waals surface area contributed by atoms with E-state index in [1.807, 2.05) is 59.2 Å². The average Bonchev–Trinajstić information content (AvgIpc) is 3.23. The van der Waals surface area contributed by atoms with E-state index in [1.165, 1.54) is 6.33 Å². The van der Waals surface area contributed by atoms with E-state index in [4.69, 9.17) is 0 Å². The van der Waals surface area contributed by atoms with Gasteiger partial charge in [0.05, 0.1) is 10.6 Å².